The van der Waals surface area contributed by atoms with Crippen molar-refractivity contribution in [1.29, 1.82) is 0 Å². The summed E-state index contributed by atoms with van der Waals surface area (Å²) in [7, 11) is 0. The van der Waals surface area contributed by atoms with Crippen LogP contribution in [0, 0.1) is 0 Å². The normalized spacial score (nSPS) is 18.0. The van der Waals surface area contributed by atoms with E-state index >= 15 is 0 Å². The van der Waals surface area contributed by atoms with E-state index in [0.717, 1.165) is 22.3 Å². The van der Waals surface area contributed by atoms with Crippen molar-refractivity contribution < 1.29 is 29.0 Å². The highest BCUT2D eigenvalue weighted by molar-refractivity contribution is 5.86. The smallest absolute Gasteiger partial charge is 0.407 e. The molecular formula is C26H30N2O6. The third-order valence-corrected chi connectivity index (χ3v) is 6.36. The highest BCUT2D eigenvalue weighted by Crippen LogP contribution is 2.44. The van der Waals surface area contributed by atoms with E-state index in [1.807, 2.05) is 31.2 Å². The summed E-state index contributed by atoms with van der Waals surface area (Å²) in [5.41, 5.74) is 4.54. The van der Waals surface area contributed by atoms with Crippen molar-refractivity contribution in [1.82, 2.24) is 10.2 Å². The molecule has 1 fully saturated rings. The summed E-state index contributed by atoms with van der Waals surface area (Å²) in [5.74, 6) is -1.27. The fourth-order valence-corrected chi connectivity index (χ4v) is 4.79. The number of rotatable bonds is 8. The van der Waals surface area contributed by atoms with Gasteiger partial charge >= 0.3 is 12.1 Å². The standard InChI is InChI=1S/C26H30N2O6/c1-2-7-23(25(31)28-12-13-33-17(15-28)14-24(29)30)27-26(32)34-16-22-20-10-5-3-8-18(20)19-9-4-6-11-21(19)22/h3-6,8-11,17,22-23H,2,7,12-16H2,1H3,(H,27,32)(H,29,30)/t17?,23-/m0/s1. The highest BCUT2D eigenvalue weighted by atomic mass is 16.5. The van der Waals surface area contributed by atoms with E-state index in [1.54, 1.807) is 4.90 Å². The Morgan fingerprint density at radius 3 is 2.38 bits per heavy atom. The summed E-state index contributed by atoms with van der Waals surface area (Å²) < 4.78 is 11.1. The minimum Gasteiger partial charge on any atom is -0.481 e. The van der Waals surface area contributed by atoms with Crippen molar-refractivity contribution >= 4 is 18.0 Å². The SMILES string of the molecule is CCC[C@H](NC(=O)OCC1c2ccccc2-c2ccccc21)C(=O)N1CCOC(CC(=O)O)C1. The van der Waals surface area contributed by atoms with Gasteiger partial charge in [0.05, 0.1) is 19.1 Å². The number of hydrogen-bond acceptors (Lipinski definition) is 5. The van der Waals surface area contributed by atoms with E-state index in [4.69, 9.17) is 14.6 Å². The molecule has 0 saturated carbocycles. The minimum atomic E-state index is -0.971. The number of carbonyl (C=O) groups excluding carboxylic acids is 2. The van der Waals surface area contributed by atoms with Gasteiger partial charge in [-0.15, -0.1) is 0 Å². The van der Waals surface area contributed by atoms with Gasteiger partial charge in [-0.05, 0) is 28.7 Å². The van der Waals surface area contributed by atoms with Crippen LogP contribution in [0.25, 0.3) is 11.1 Å². The Labute approximate surface area is 198 Å². The Bertz CT molecular complexity index is 1010. The van der Waals surface area contributed by atoms with Gasteiger partial charge in [-0.3, -0.25) is 9.59 Å². The van der Waals surface area contributed by atoms with Gasteiger partial charge in [0, 0.05) is 19.0 Å². The molecule has 1 aliphatic heterocycles. The van der Waals surface area contributed by atoms with Crippen molar-refractivity contribution in [2.45, 2.75) is 44.2 Å². The number of fused-ring (bicyclic) bond motifs is 3. The number of ether oxygens (including phenoxy) is 2. The van der Waals surface area contributed by atoms with Crippen LogP contribution >= 0.6 is 0 Å². The Hall–Kier alpha value is -3.39. The predicted octanol–water partition coefficient (Wildman–Crippen LogP) is 3.40. The van der Waals surface area contributed by atoms with E-state index in [2.05, 4.69) is 29.6 Å². The van der Waals surface area contributed by atoms with Gasteiger partial charge in [-0.2, -0.15) is 0 Å². The van der Waals surface area contributed by atoms with Crippen LogP contribution in [-0.2, 0) is 19.1 Å². The molecule has 2 atom stereocenters. The third-order valence-electron chi connectivity index (χ3n) is 6.36. The Morgan fingerprint density at radius 1 is 1.12 bits per heavy atom. The quantitative estimate of drug-likeness (QED) is 0.618. The number of carboxylic acids is 1. The molecule has 0 radical (unpaired) electrons. The van der Waals surface area contributed by atoms with Gasteiger partial charge < -0.3 is 24.8 Å². The molecule has 1 aliphatic carbocycles. The lowest BCUT2D eigenvalue weighted by Gasteiger charge is -2.34. The Kier molecular flexibility index (Phi) is 7.47. The van der Waals surface area contributed by atoms with Gasteiger partial charge in [0.1, 0.15) is 12.6 Å². The average Bonchev–Trinajstić information content (AvgIpc) is 3.15. The fourth-order valence-electron chi connectivity index (χ4n) is 4.79. The van der Waals surface area contributed by atoms with Gasteiger partial charge in [0.25, 0.3) is 0 Å². The number of carbonyl (C=O) groups is 3. The number of alkyl carbamates (subject to hydrolysis) is 1. The molecule has 2 aromatic carbocycles. The molecule has 2 aliphatic rings. The number of amides is 2. The Balaban J connectivity index is 1.38. The van der Waals surface area contributed by atoms with Crippen LogP contribution in [-0.4, -0.2) is 66.4 Å². The zero-order valence-corrected chi connectivity index (χ0v) is 19.2. The second-order valence-corrected chi connectivity index (χ2v) is 8.69. The van der Waals surface area contributed by atoms with Crippen LogP contribution in [0.2, 0.25) is 0 Å². The van der Waals surface area contributed by atoms with E-state index in [1.165, 1.54) is 0 Å². The molecule has 4 rings (SSSR count). The van der Waals surface area contributed by atoms with Crippen molar-refractivity contribution in [3.05, 3.63) is 59.7 Å². The van der Waals surface area contributed by atoms with Crippen molar-refractivity contribution in [2.75, 3.05) is 26.3 Å². The molecule has 1 unspecified atom stereocenters. The molecule has 0 bridgehead atoms. The lowest BCUT2D eigenvalue weighted by Crippen LogP contribution is -2.54. The minimum absolute atomic E-state index is 0.0607. The summed E-state index contributed by atoms with van der Waals surface area (Å²) in [6.45, 7) is 2.93. The largest absolute Gasteiger partial charge is 0.481 e. The predicted molar refractivity (Wildman–Crippen MR) is 125 cm³/mol. The molecule has 0 spiro atoms. The summed E-state index contributed by atoms with van der Waals surface area (Å²) in [6.07, 6.45) is -0.189. The molecule has 8 nitrogen and oxygen atoms in total. The summed E-state index contributed by atoms with van der Waals surface area (Å²) in [5, 5.41) is 11.8. The molecule has 8 heteroatoms. The highest BCUT2D eigenvalue weighted by Gasteiger charge is 2.32. The molecule has 2 aromatic rings. The number of aliphatic carboxylic acids is 1. The number of nitrogens with one attached hydrogen (secondary N) is 1. The monoisotopic (exact) mass is 466 g/mol. The van der Waals surface area contributed by atoms with Crippen LogP contribution in [0.15, 0.2) is 48.5 Å². The van der Waals surface area contributed by atoms with Crippen LogP contribution < -0.4 is 5.32 Å². The molecular weight excluding hydrogens is 436 g/mol. The number of benzene rings is 2. The molecule has 2 amide bonds. The molecule has 2 N–H and O–H groups in total. The first-order chi connectivity index (χ1) is 16.5. The zero-order valence-electron chi connectivity index (χ0n) is 19.2. The molecule has 34 heavy (non-hydrogen) atoms. The first-order valence-corrected chi connectivity index (χ1v) is 11.7. The second kappa shape index (κ2) is 10.7. The lowest BCUT2D eigenvalue weighted by atomic mass is 9.98. The summed E-state index contributed by atoms with van der Waals surface area (Å²) >= 11 is 0. The molecule has 1 saturated heterocycles. The maximum Gasteiger partial charge on any atom is 0.407 e. The number of hydrogen-bond donors (Lipinski definition) is 2. The van der Waals surface area contributed by atoms with E-state index in [9.17, 15) is 14.4 Å². The molecule has 0 aromatic heterocycles. The molecule has 1 heterocycles. The summed E-state index contributed by atoms with van der Waals surface area (Å²) in [6, 6.07) is 15.5. The van der Waals surface area contributed by atoms with E-state index in [-0.39, 0.29) is 38.0 Å². The third kappa shape index (κ3) is 5.22. The second-order valence-electron chi connectivity index (χ2n) is 8.69. The van der Waals surface area contributed by atoms with Crippen molar-refractivity contribution in [2.24, 2.45) is 0 Å². The van der Waals surface area contributed by atoms with Crippen LogP contribution in [0.1, 0.15) is 43.2 Å². The maximum atomic E-state index is 13.1. The Morgan fingerprint density at radius 2 is 1.76 bits per heavy atom. The van der Waals surface area contributed by atoms with Gasteiger partial charge in [-0.25, -0.2) is 4.79 Å². The van der Waals surface area contributed by atoms with Crippen molar-refractivity contribution in [3.8, 4) is 11.1 Å². The average molecular weight is 467 g/mol. The van der Waals surface area contributed by atoms with Crippen molar-refractivity contribution in [3.63, 3.8) is 0 Å². The van der Waals surface area contributed by atoms with Crippen LogP contribution in [0.3, 0.4) is 0 Å². The van der Waals surface area contributed by atoms with Gasteiger partial charge in [0.15, 0.2) is 0 Å². The fraction of sp³-hybridized carbons (Fsp3) is 0.423. The zero-order chi connectivity index (χ0) is 24.1. The summed E-state index contributed by atoms with van der Waals surface area (Å²) in [4.78, 5) is 38.4. The van der Waals surface area contributed by atoms with E-state index < -0.39 is 24.2 Å². The number of carboxylic acid groups (broad SMARTS) is 1. The number of morpholine rings is 1. The van der Waals surface area contributed by atoms with E-state index in [0.29, 0.717) is 19.4 Å². The molecule has 180 valence electrons. The first kappa shape index (κ1) is 23.8. The maximum absolute atomic E-state index is 13.1. The first-order valence-electron chi connectivity index (χ1n) is 11.7. The lowest BCUT2D eigenvalue weighted by molar-refractivity contribution is -0.148. The van der Waals surface area contributed by atoms with Gasteiger partial charge in [-0.1, -0.05) is 61.9 Å². The van der Waals surface area contributed by atoms with Crippen LogP contribution in [0.4, 0.5) is 4.79 Å². The van der Waals surface area contributed by atoms with Gasteiger partial charge in [0.2, 0.25) is 5.91 Å². The number of nitrogens with zero attached hydrogens (tertiary/aromatic N) is 1. The topological polar surface area (TPSA) is 105 Å². The van der Waals surface area contributed by atoms with Crippen LogP contribution in [0.5, 0.6) is 0 Å².